The number of carbonyl (C=O) groups is 1. The zero-order valence-corrected chi connectivity index (χ0v) is 13.7. The predicted octanol–water partition coefficient (Wildman–Crippen LogP) is -2.35. The van der Waals surface area contributed by atoms with E-state index in [9.17, 15) is 4.79 Å². The molecule has 22 heavy (non-hydrogen) atoms. The van der Waals surface area contributed by atoms with Gasteiger partial charge in [-0.25, -0.2) is 9.67 Å². The van der Waals surface area contributed by atoms with Gasteiger partial charge in [0.15, 0.2) is 11.6 Å². The Hall–Kier alpha value is -1.76. The van der Waals surface area contributed by atoms with Gasteiger partial charge in [-0.15, -0.1) is 0 Å². The number of hydrogen-bond donors (Lipinski definition) is 1. The molecule has 6 nitrogen and oxygen atoms in total. The summed E-state index contributed by atoms with van der Waals surface area (Å²) >= 11 is 0. The predicted molar refractivity (Wildman–Crippen MR) is 78.1 cm³/mol. The highest BCUT2D eigenvalue weighted by molar-refractivity contribution is 6.00. The molecule has 0 saturated heterocycles. The van der Waals surface area contributed by atoms with Crippen LogP contribution in [0, 0.1) is 12.3 Å². The lowest BCUT2D eigenvalue weighted by Gasteiger charge is -2.32. The zero-order chi connectivity index (χ0) is 14.5. The van der Waals surface area contributed by atoms with Crippen LogP contribution in [0.1, 0.15) is 48.1 Å². The zero-order valence-electron chi connectivity index (χ0n) is 12.9. The van der Waals surface area contributed by atoms with Gasteiger partial charge in [0.1, 0.15) is 11.7 Å². The maximum Gasteiger partial charge on any atom is 0.167 e. The van der Waals surface area contributed by atoms with Gasteiger partial charge in [0, 0.05) is 18.0 Å². The first-order valence-corrected chi connectivity index (χ1v) is 6.79. The quantitative estimate of drug-likeness (QED) is 0.634. The molecule has 7 heteroatoms. The third-order valence-corrected chi connectivity index (χ3v) is 4.13. The van der Waals surface area contributed by atoms with Crippen LogP contribution in [0.5, 0.6) is 0 Å². The second-order valence-electron chi connectivity index (χ2n) is 6.09. The Balaban J connectivity index is 0.00000121. The molecular weight excluding hydrogens is 304 g/mol. The molecule has 120 valence electrons. The third-order valence-electron chi connectivity index (χ3n) is 4.13. The summed E-state index contributed by atoms with van der Waals surface area (Å²) in [5.41, 5.74) is 6.51. The fourth-order valence-electron chi connectivity index (χ4n) is 2.86. The molecule has 0 bridgehead atoms. The Labute approximate surface area is 135 Å². The lowest BCUT2D eigenvalue weighted by Crippen LogP contribution is -3.00. The second kappa shape index (κ2) is 6.16. The number of aromatic nitrogens is 3. The van der Waals surface area contributed by atoms with Crippen LogP contribution in [-0.4, -0.2) is 26.0 Å². The Kier molecular flexibility index (Phi) is 5.12. The molecule has 3 rings (SSSR count). The first-order valence-electron chi connectivity index (χ1n) is 6.79. The van der Waals surface area contributed by atoms with Crippen molar-refractivity contribution in [2.24, 2.45) is 5.41 Å². The number of fused-ring (bicyclic) bond motifs is 1. The molecule has 1 aliphatic carbocycles. The molecule has 0 spiro atoms. The number of pyridine rings is 1. The van der Waals surface area contributed by atoms with Gasteiger partial charge in [-0.1, -0.05) is 19.9 Å². The van der Waals surface area contributed by atoms with Gasteiger partial charge in [0.05, 0.1) is 11.3 Å². The number of quaternary nitrogens is 1. The normalized spacial score (nSPS) is 18.9. The number of nitrogens with zero attached hydrogens (tertiary/aromatic N) is 3. The molecule has 2 aromatic heterocycles. The topological polar surface area (TPSA) is 107 Å². The van der Waals surface area contributed by atoms with E-state index in [0.717, 1.165) is 22.8 Å². The molecule has 0 unspecified atom stereocenters. The molecule has 0 amide bonds. The fourth-order valence-corrected chi connectivity index (χ4v) is 2.86. The second-order valence-corrected chi connectivity index (χ2v) is 6.09. The summed E-state index contributed by atoms with van der Waals surface area (Å²) < 4.78 is 1.78. The van der Waals surface area contributed by atoms with Crippen molar-refractivity contribution in [3.8, 4) is 5.82 Å². The SMILES string of the molecule is Cc1nn(-c2ccccn2)c2c1C(=O)CC(C)(C)[C@H]2[NH3+].O.[Cl-]. The molecule has 0 aromatic carbocycles. The van der Waals surface area contributed by atoms with Crippen molar-refractivity contribution in [1.29, 1.82) is 0 Å². The maximum absolute atomic E-state index is 12.4. The molecule has 5 N–H and O–H groups in total. The van der Waals surface area contributed by atoms with E-state index < -0.39 is 0 Å². The fraction of sp³-hybridized carbons (Fsp3) is 0.400. The average molecular weight is 325 g/mol. The third kappa shape index (κ3) is 2.65. The van der Waals surface area contributed by atoms with E-state index in [1.54, 1.807) is 10.9 Å². The number of rotatable bonds is 1. The van der Waals surface area contributed by atoms with Crippen LogP contribution in [0.25, 0.3) is 5.82 Å². The van der Waals surface area contributed by atoms with Gasteiger partial charge in [-0.05, 0) is 19.1 Å². The van der Waals surface area contributed by atoms with Gasteiger partial charge in [-0.3, -0.25) is 4.79 Å². The largest absolute Gasteiger partial charge is 1.00 e. The smallest absolute Gasteiger partial charge is 0.167 e. The van der Waals surface area contributed by atoms with E-state index in [-0.39, 0.29) is 35.1 Å². The minimum Gasteiger partial charge on any atom is -1.00 e. The van der Waals surface area contributed by atoms with Crippen LogP contribution in [0.3, 0.4) is 0 Å². The van der Waals surface area contributed by atoms with Crippen molar-refractivity contribution < 1.29 is 28.4 Å². The summed E-state index contributed by atoms with van der Waals surface area (Å²) in [7, 11) is 0. The summed E-state index contributed by atoms with van der Waals surface area (Å²) in [5, 5.41) is 4.52. The minimum absolute atomic E-state index is 0. The molecule has 0 aliphatic heterocycles. The van der Waals surface area contributed by atoms with Crippen LogP contribution < -0.4 is 18.1 Å². The number of Topliss-reactive ketones (excluding diaryl/α,β-unsaturated/α-hetero) is 1. The van der Waals surface area contributed by atoms with Crippen LogP contribution >= 0.6 is 0 Å². The highest BCUT2D eigenvalue weighted by atomic mass is 35.5. The van der Waals surface area contributed by atoms with Crippen LogP contribution in [0.2, 0.25) is 0 Å². The van der Waals surface area contributed by atoms with E-state index >= 15 is 0 Å². The summed E-state index contributed by atoms with van der Waals surface area (Å²) in [5.74, 6) is 0.889. The van der Waals surface area contributed by atoms with Crippen LogP contribution in [0.4, 0.5) is 0 Å². The van der Waals surface area contributed by atoms with Gasteiger partial charge >= 0.3 is 0 Å². The van der Waals surface area contributed by atoms with E-state index in [1.807, 2.05) is 25.1 Å². The first kappa shape index (κ1) is 18.3. The van der Waals surface area contributed by atoms with Crippen molar-refractivity contribution >= 4 is 5.78 Å². The highest BCUT2D eigenvalue weighted by Gasteiger charge is 2.44. The van der Waals surface area contributed by atoms with Crippen LogP contribution in [-0.2, 0) is 0 Å². The molecule has 2 heterocycles. The molecule has 1 atom stereocenters. The Morgan fingerprint density at radius 3 is 2.64 bits per heavy atom. The number of halogens is 1. The number of aryl methyl sites for hydroxylation is 1. The lowest BCUT2D eigenvalue weighted by molar-refractivity contribution is -0.454. The van der Waals surface area contributed by atoms with E-state index in [2.05, 4.69) is 29.7 Å². The molecule has 0 saturated carbocycles. The van der Waals surface area contributed by atoms with Gasteiger partial charge < -0.3 is 23.6 Å². The Morgan fingerprint density at radius 2 is 2.05 bits per heavy atom. The molecule has 0 radical (unpaired) electrons. The maximum atomic E-state index is 12.4. The Morgan fingerprint density at radius 1 is 1.36 bits per heavy atom. The van der Waals surface area contributed by atoms with Crippen molar-refractivity contribution in [2.75, 3.05) is 0 Å². The van der Waals surface area contributed by atoms with Crippen LogP contribution in [0.15, 0.2) is 24.4 Å². The number of ketones is 1. The van der Waals surface area contributed by atoms with Crippen molar-refractivity contribution in [3.05, 3.63) is 41.3 Å². The first-order chi connectivity index (χ1) is 9.42. The highest BCUT2D eigenvalue weighted by Crippen LogP contribution is 2.42. The molecule has 2 aromatic rings. The monoisotopic (exact) mass is 324 g/mol. The van der Waals surface area contributed by atoms with Crippen molar-refractivity contribution in [1.82, 2.24) is 14.8 Å². The van der Waals surface area contributed by atoms with Crippen molar-refractivity contribution in [2.45, 2.75) is 33.2 Å². The molecular formula is C15H21ClN4O2. The Bertz CT molecular complexity index is 682. The van der Waals surface area contributed by atoms with Crippen molar-refractivity contribution in [3.63, 3.8) is 0 Å². The molecule has 1 aliphatic rings. The van der Waals surface area contributed by atoms with E-state index in [0.29, 0.717) is 6.42 Å². The average Bonchev–Trinajstić information content (AvgIpc) is 2.75. The summed E-state index contributed by atoms with van der Waals surface area (Å²) in [6.07, 6.45) is 2.25. The molecule has 0 fully saturated rings. The van der Waals surface area contributed by atoms with Gasteiger partial charge in [0.2, 0.25) is 0 Å². The number of carbonyl (C=O) groups excluding carboxylic acids is 1. The standard InChI is InChI=1S/C15H18N4O.ClH.H2O/c1-9-12-10(20)8-15(2,3)14(16)13(12)19(18-9)11-6-4-5-7-17-11;;/h4-7,14H,8,16H2,1-3H3;1H;1H2/t14-;;/m0../s1. The number of hydrogen-bond acceptors (Lipinski definition) is 3. The van der Waals surface area contributed by atoms with Gasteiger partial charge in [-0.2, -0.15) is 5.10 Å². The summed E-state index contributed by atoms with van der Waals surface area (Å²) in [6, 6.07) is 5.69. The summed E-state index contributed by atoms with van der Waals surface area (Å²) in [6.45, 7) is 6.04. The lowest BCUT2D eigenvalue weighted by atomic mass is 9.72. The summed E-state index contributed by atoms with van der Waals surface area (Å²) in [4.78, 5) is 16.7. The minimum atomic E-state index is -0.164. The van der Waals surface area contributed by atoms with E-state index in [4.69, 9.17) is 0 Å². The van der Waals surface area contributed by atoms with E-state index in [1.165, 1.54) is 0 Å². The van der Waals surface area contributed by atoms with Gasteiger partial charge in [0.25, 0.3) is 0 Å².